The SMILES string of the molecule is CC1CC(C)CN(CC(O)c2ccccc2)C1. The van der Waals surface area contributed by atoms with Gasteiger partial charge in [0, 0.05) is 19.6 Å². The summed E-state index contributed by atoms with van der Waals surface area (Å²) < 4.78 is 0. The van der Waals surface area contributed by atoms with Crippen molar-refractivity contribution in [2.24, 2.45) is 11.8 Å². The standard InChI is InChI=1S/C15H23NO/c1-12-8-13(2)10-16(9-12)11-15(17)14-6-4-3-5-7-14/h3-7,12-13,15,17H,8-11H2,1-2H3. The van der Waals surface area contributed by atoms with Crippen LogP contribution in [-0.2, 0) is 0 Å². The summed E-state index contributed by atoms with van der Waals surface area (Å²) in [4.78, 5) is 2.40. The van der Waals surface area contributed by atoms with Crippen molar-refractivity contribution < 1.29 is 5.11 Å². The number of aliphatic hydroxyl groups is 1. The minimum atomic E-state index is -0.353. The average Bonchev–Trinajstić information content (AvgIpc) is 2.28. The van der Waals surface area contributed by atoms with Crippen LogP contribution in [0.3, 0.4) is 0 Å². The number of rotatable bonds is 3. The second-order valence-corrected chi connectivity index (χ2v) is 5.59. The summed E-state index contributed by atoms with van der Waals surface area (Å²) in [6.07, 6.45) is 0.964. The fraction of sp³-hybridized carbons (Fsp3) is 0.600. The molecule has 1 aliphatic rings. The van der Waals surface area contributed by atoms with Gasteiger partial charge in [-0.1, -0.05) is 44.2 Å². The van der Waals surface area contributed by atoms with Gasteiger partial charge in [0.2, 0.25) is 0 Å². The van der Waals surface area contributed by atoms with Gasteiger partial charge in [-0.2, -0.15) is 0 Å². The highest BCUT2D eigenvalue weighted by molar-refractivity contribution is 5.17. The first-order valence-corrected chi connectivity index (χ1v) is 6.60. The summed E-state index contributed by atoms with van der Waals surface area (Å²) >= 11 is 0. The number of β-amino-alcohol motifs (C(OH)–C–C–N with tert-alkyl or cyclic N) is 1. The van der Waals surface area contributed by atoms with E-state index in [9.17, 15) is 5.11 Å². The Kier molecular flexibility index (Phi) is 4.19. The zero-order valence-corrected chi connectivity index (χ0v) is 10.8. The van der Waals surface area contributed by atoms with Gasteiger partial charge in [0.25, 0.3) is 0 Å². The number of aliphatic hydroxyl groups excluding tert-OH is 1. The van der Waals surface area contributed by atoms with E-state index < -0.39 is 0 Å². The van der Waals surface area contributed by atoms with E-state index in [-0.39, 0.29) is 6.10 Å². The molecule has 1 fully saturated rings. The number of likely N-dealkylation sites (tertiary alicyclic amines) is 1. The fourth-order valence-electron chi connectivity index (χ4n) is 2.97. The van der Waals surface area contributed by atoms with Crippen molar-refractivity contribution in [2.45, 2.75) is 26.4 Å². The Morgan fingerprint density at radius 3 is 2.35 bits per heavy atom. The molecule has 17 heavy (non-hydrogen) atoms. The zero-order valence-electron chi connectivity index (χ0n) is 10.8. The van der Waals surface area contributed by atoms with Crippen LogP contribution in [0.1, 0.15) is 31.9 Å². The van der Waals surface area contributed by atoms with Crippen LogP contribution in [0.4, 0.5) is 0 Å². The summed E-state index contributed by atoms with van der Waals surface area (Å²) in [5.74, 6) is 1.50. The molecule has 1 N–H and O–H groups in total. The molecule has 2 heteroatoms. The lowest BCUT2D eigenvalue weighted by Crippen LogP contribution is -2.40. The molecule has 1 aromatic rings. The van der Waals surface area contributed by atoms with E-state index in [4.69, 9.17) is 0 Å². The monoisotopic (exact) mass is 233 g/mol. The third-order valence-electron chi connectivity index (χ3n) is 3.56. The molecule has 1 aliphatic heterocycles. The molecule has 1 heterocycles. The van der Waals surface area contributed by atoms with Crippen LogP contribution in [-0.4, -0.2) is 29.6 Å². The number of benzene rings is 1. The maximum atomic E-state index is 10.2. The molecular formula is C15H23NO. The van der Waals surface area contributed by atoms with Crippen LogP contribution in [0.25, 0.3) is 0 Å². The zero-order chi connectivity index (χ0) is 12.3. The summed E-state index contributed by atoms with van der Waals surface area (Å²) in [6, 6.07) is 9.96. The van der Waals surface area contributed by atoms with E-state index in [1.165, 1.54) is 6.42 Å². The summed E-state index contributed by atoms with van der Waals surface area (Å²) in [5, 5.41) is 10.2. The number of nitrogens with zero attached hydrogens (tertiary/aromatic N) is 1. The quantitative estimate of drug-likeness (QED) is 0.867. The van der Waals surface area contributed by atoms with Gasteiger partial charge in [-0.3, -0.25) is 4.90 Å². The van der Waals surface area contributed by atoms with Crippen molar-refractivity contribution in [3.05, 3.63) is 35.9 Å². The van der Waals surface area contributed by atoms with Crippen molar-refractivity contribution >= 4 is 0 Å². The lowest BCUT2D eigenvalue weighted by atomic mass is 9.91. The smallest absolute Gasteiger partial charge is 0.0916 e. The third-order valence-corrected chi connectivity index (χ3v) is 3.56. The topological polar surface area (TPSA) is 23.5 Å². The third kappa shape index (κ3) is 3.55. The molecule has 0 radical (unpaired) electrons. The van der Waals surface area contributed by atoms with E-state index in [1.807, 2.05) is 30.3 Å². The van der Waals surface area contributed by atoms with Crippen molar-refractivity contribution in [1.29, 1.82) is 0 Å². The van der Waals surface area contributed by atoms with Gasteiger partial charge in [-0.25, -0.2) is 0 Å². The molecule has 1 saturated heterocycles. The molecule has 0 aliphatic carbocycles. The van der Waals surface area contributed by atoms with Gasteiger partial charge >= 0.3 is 0 Å². The highest BCUT2D eigenvalue weighted by atomic mass is 16.3. The lowest BCUT2D eigenvalue weighted by Gasteiger charge is -2.36. The number of hydrogen-bond acceptors (Lipinski definition) is 2. The Morgan fingerprint density at radius 2 is 1.76 bits per heavy atom. The number of hydrogen-bond donors (Lipinski definition) is 1. The first kappa shape index (κ1) is 12.6. The second kappa shape index (κ2) is 5.65. The summed E-state index contributed by atoms with van der Waals surface area (Å²) in [5.41, 5.74) is 1.03. The molecule has 0 spiro atoms. The van der Waals surface area contributed by atoms with Crippen LogP contribution in [0.2, 0.25) is 0 Å². The van der Waals surface area contributed by atoms with Gasteiger partial charge in [-0.15, -0.1) is 0 Å². The molecule has 3 atom stereocenters. The molecule has 0 amide bonds. The van der Waals surface area contributed by atoms with E-state index in [0.717, 1.165) is 37.0 Å². The maximum Gasteiger partial charge on any atom is 0.0916 e. The Morgan fingerprint density at radius 1 is 1.18 bits per heavy atom. The predicted octanol–water partition coefficient (Wildman–Crippen LogP) is 2.70. The van der Waals surface area contributed by atoms with Crippen molar-refractivity contribution in [1.82, 2.24) is 4.90 Å². The van der Waals surface area contributed by atoms with Crippen LogP contribution in [0.15, 0.2) is 30.3 Å². The minimum Gasteiger partial charge on any atom is -0.387 e. The number of piperidine rings is 1. The summed E-state index contributed by atoms with van der Waals surface area (Å²) in [7, 11) is 0. The second-order valence-electron chi connectivity index (χ2n) is 5.59. The Labute approximate surface area is 104 Å². The van der Waals surface area contributed by atoms with Gasteiger partial charge < -0.3 is 5.11 Å². The largest absolute Gasteiger partial charge is 0.387 e. The van der Waals surface area contributed by atoms with Crippen molar-refractivity contribution in [2.75, 3.05) is 19.6 Å². The molecule has 0 saturated carbocycles. The van der Waals surface area contributed by atoms with Gasteiger partial charge in [0.15, 0.2) is 0 Å². The van der Waals surface area contributed by atoms with E-state index in [0.29, 0.717) is 0 Å². The van der Waals surface area contributed by atoms with E-state index >= 15 is 0 Å². The van der Waals surface area contributed by atoms with Crippen LogP contribution in [0, 0.1) is 11.8 Å². The molecule has 3 unspecified atom stereocenters. The molecule has 2 rings (SSSR count). The molecule has 0 bridgehead atoms. The van der Waals surface area contributed by atoms with E-state index in [2.05, 4.69) is 18.7 Å². The minimum absolute atomic E-state index is 0.353. The molecular weight excluding hydrogens is 210 g/mol. The van der Waals surface area contributed by atoms with E-state index in [1.54, 1.807) is 0 Å². The maximum absolute atomic E-state index is 10.2. The molecule has 2 nitrogen and oxygen atoms in total. The predicted molar refractivity (Wildman–Crippen MR) is 70.8 cm³/mol. The Hall–Kier alpha value is -0.860. The highest BCUT2D eigenvalue weighted by Gasteiger charge is 2.23. The van der Waals surface area contributed by atoms with Crippen LogP contribution in [0.5, 0.6) is 0 Å². The highest BCUT2D eigenvalue weighted by Crippen LogP contribution is 2.23. The van der Waals surface area contributed by atoms with Crippen molar-refractivity contribution in [3.8, 4) is 0 Å². The first-order valence-electron chi connectivity index (χ1n) is 6.60. The average molecular weight is 233 g/mol. The summed E-state index contributed by atoms with van der Waals surface area (Å²) in [6.45, 7) is 7.61. The Balaban J connectivity index is 1.92. The molecule has 1 aromatic carbocycles. The van der Waals surface area contributed by atoms with Crippen LogP contribution < -0.4 is 0 Å². The molecule has 0 aromatic heterocycles. The van der Waals surface area contributed by atoms with Crippen LogP contribution >= 0.6 is 0 Å². The van der Waals surface area contributed by atoms with Crippen molar-refractivity contribution in [3.63, 3.8) is 0 Å². The lowest BCUT2D eigenvalue weighted by molar-refractivity contribution is 0.0699. The van der Waals surface area contributed by atoms with Gasteiger partial charge in [0.05, 0.1) is 6.10 Å². The fourth-order valence-corrected chi connectivity index (χ4v) is 2.97. The Bertz CT molecular complexity index is 328. The van der Waals surface area contributed by atoms with Gasteiger partial charge in [-0.05, 0) is 23.8 Å². The van der Waals surface area contributed by atoms with Gasteiger partial charge in [0.1, 0.15) is 0 Å². The first-order chi connectivity index (χ1) is 8.15. The molecule has 94 valence electrons. The normalized spacial score (nSPS) is 27.9.